The number of carbonyl (C=O) groups is 1. The maximum atomic E-state index is 11.8. The molecule has 3 unspecified atom stereocenters. The predicted octanol–water partition coefficient (Wildman–Crippen LogP) is 5.93. The lowest BCUT2D eigenvalue weighted by Gasteiger charge is -2.44. The average Bonchev–Trinajstić information content (AvgIpc) is 2.99. The molecule has 2 bridgehead atoms. The van der Waals surface area contributed by atoms with Gasteiger partial charge < -0.3 is 9.04 Å². The van der Waals surface area contributed by atoms with Gasteiger partial charge >= 0.3 is 0 Å². The number of rotatable bonds is 8. The van der Waals surface area contributed by atoms with Crippen molar-refractivity contribution in [2.45, 2.75) is 118 Å². The summed E-state index contributed by atoms with van der Waals surface area (Å²) in [7, 11) is -1.78. The molecule has 0 spiro atoms. The fraction of sp³-hybridized carbons (Fsp3) is 0.963. The summed E-state index contributed by atoms with van der Waals surface area (Å²) in [6, 6.07) is 0.944. The molecule has 0 aromatic rings. The van der Waals surface area contributed by atoms with E-state index in [0.29, 0.717) is 12.8 Å². The minimum absolute atomic E-state index is 0.0248. The third-order valence-corrected chi connectivity index (χ3v) is 10.2. The molecule has 0 radical (unpaired) electrons. The van der Waals surface area contributed by atoms with Gasteiger partial charge in [0.15, 0.2) is 0 Å². The molecule has 33 heavy (non-hydrogen) atoms. The lowest BCUT2D eigenvalue weighted by Crippen LogP contribution is -2.54. The molecule has 3 rings (SSSR count). The Morgan fingerprint density at radius 1 is 1.06 bits per heavy atom. The Morgan fingerprint density at radius 2 is 1.64 bits per heavy atom. The first-order chi connectivity index (χ1) is 15.3. The van der Waals surface area contributed by atoms with Crippen molar-refractivity contribution in [1.82, 2.24) is 0 Å². The van der Waals surface area contributed by atoms with Crippen LogP contribution in [-0.2, 0) is 14.9 Å². The molecule has 0 aromatic heterocycles. The van der Waals surface area contributed by atoms with E-state index in [0.717, 1.165) is 18.4 Å². The fourth-order valence-corrected chi connectivity index (χ4v) is 8.53. The Bertz CT molecular complexity index is 739. The van der Waals surface area contributed by atoms with E-state index in [9.17, 15) is 17.8 Å². The molecule has 0 heterocycles. The van der Waals surface area contributed by atoms with E-state index >= 15 is 0 Å². The SMILES string of the molecule is CC1(C)C2CCC1(CS(=O)(=O)[O-])C(=O)C2.CCCC[N+](C)(CC(C)C)C1CCCCCCC1. The van der Waals surface area contributed by atoms with Crippen LogP contribution in [0.2, 0.25) is 0 Å². The lowest BCUT2D eigenvalue weighted by molar-refractivity contribution is -0.937. The van der Waals surface area contributed by atoms with E-state index < -0.39 is 21.3 Å². The first-order valence-electron chi connectivity index (χ1n) is 13.6. The van der Waals surface area contributed by atoms with Crippen molar-refractivity contribution in [3.05, 3.63) is 0 Å². The standard InChI is InChI=1S/C17H36N.C10H16O4S/c1-5-6-14-18(4,15-16(2)3)17-12-10-8-7-9-11-13-17;1-9(2)7-3-4-10(9,8(11)5-7)6-15(12,13)14/h16-17H,5-15H2,1-4H3;7H,3-6H2,1-2H3,(H,12,13,14)/q+1;/p-1. The maximum Gasteiger partial charge on any atom is 0.140 e. The van der Waals surface area contributed by atoms with Crippen molar-refractivity contribution in [3.8, 4) is 0 Å². The van der Waals surface area contributed by atoms with E-state index in [4.69, 9.17) is 0 Å². The highest BCUT2D eigenvalue weighted by Gasteiger charge is 2.64. The van der Waals surface area contributed by atoms with Crippen LogP contribution in [0.4, 0.5) is 0 Å². The van der Waals surface area contributed by atoms with Crippen molar-refractivity contribution in [1.29, 1.82) is 0 Å². The molecule has 0 N–H and O–H groups in total. The number of hydrogen-bond donors (Lipinski definition) is 0. The number of unbranched alkanes of at least 4 members (excludes halogenated alkanes) is 1. The van der Waals surface area contributed by atoms with Gasteiger partial charge in [-0.3, -0.25) is 4.79 Å². The molecule has 3 aliphatic rings. The number of carbonyl (C=O) groups excluding carboxylic acids is 1. The number of nitrogens with zero attached hydrogens (tertiary/aromatic N) is 1. The number of Topliss-reactive ketones (excluding diaryl/α,β-unsaturated/α-hetero) is 1. The number of quaternary nitrogens is 1. The van der Waals surface area contributed by atoms with Gasteiger partial charge in [0.2, 0.25) is 0 Å². The molecule has 3 saturated carbocycles. The van der Waals surface area contributed by atoms with Crippen LogP contribution in [0.1, 0.15) is 112 Å². The number of fused-ring (bicyclic) bond motifs is 2. The van der Waals surface area contributed by atoms with E-state index in [1.165, 1.54) is 75.4 Å². The summed E-state index contributed by atoms with van der Waals surface area (Å²) >= 11 is 0. The van der Waals surface area contributed by atoms with Crippen LogP contribution < -0.4 is 0 Å². The van der Waals surface area contributed by atoms with Crippen LogP contribution >= 0.6 is 0 Å². The Kier molecular flexibility index (Phi) is 10.0. The van der Waals surface area contributed by atoms with Crippen LogP contribution in [0.25, 0.3) is 0 Å². The molecule has 3 atom stereocenters. The molecule has 0 amide bonds. The van der Waals surface area contributed by atoms with Crippen molar-refractivity contribution in [2.24, 2.45) is 22.7 Å². The lowest BCUT2D eigenvalue weighted by atomic mass is 9.70. The topological polar surface area (TPSA) is 74.3 Å². The van der Waals surface area contributed by atoms with Gasteiger partial charge in [0, 0.05) is 17.8 Å². The zero-order chi connectivity index (χ0) is 24.9. The zero-order valence-corrected chi connectivity index (χ0v) is 23.1. The molecule has 0 aromatic carbocycles. The second-order valence-electron chi connectivity index (χ2n) is 12.5. The summed E-state index contributed by atoms with van der Waals surface area (Å²) in [6.07, 6.45) is 15.0. The van der Waals surface area contributed by atoms with Crippen LogP contribution in [0.5, 0.6) is 0 Å². The van der Waals surface area contributed by atoms with Gasteiger partial charge in [0.25, 0.3) is 0 Å². The minimum Gasteiger partial charge on any atom is -0.748 e. The maximum absolute atomic E-state index is 11.8. The summed E-state index contributed by atoms with van der Waals surface area (Å²) in [5.41, 5.74) is -1.22. The van der Waals surface area contributed by atoms with Gasteiger partial charge in [0.1, 0.15) is 5.78 Å². The van der Waals surface area contributed by atoms with Crippen LogP contribution in [0, 0.1) is 22.7 Å². The molecule has 194 valence electrons. The zero-order valence-electron chi connectivity index (χ0n) is 22.3. The number of hydrogen-bond acceptors (Lipinski definition) is 4. The van der Waals surface area contributed by atoms with Gasteiger partial charge in [0.05, 0.1) is 42.1 Å². The van der Waals surface area contributed by atoms with Crippen LogP contribution in [0.15, 0.2) is 0 Å². The summed E-state index contributed by atoms with van der Waals surface area (Å²) in [4.78, 5) is 11.8. The minimum atomic E-state index is -4.33. The van der Waals surface area contributed by atoms with E-state index in [1.54, 1.807) is 0 Å². The Balaban J connectivity index is 0.000000237. The third-order valence-electron chi connectivity index (χ3n) is 9.32. The number of ketones is 1. The molecule has 0 saturated heterocycles. The van der Waals surface area contributed by atoms with Gasteiger partial charge in [-0.15, -0.1) is 0 Å². The Morgan fingerprint density at radius 3 is 2.06 bits per heavy atom. The van der Waals surface area contributed by atoms with E-state index in [-0.39, 0.29) is 17.1 Å². The second-order valence-corrected chi connectivity index (χ2v) is 13.9. The summed E-state index contributed by atoms with van der Waals surface area (Å²) < 4.78 is 34.0. The predicted molar refractivity (Wildman–Crippen MR) is 135 cm³/mol. The van der Waals surface area contributed by atoms with E-state index in [1.807, 2.05) is 13.8 Å². The van der Waals surface area contributed by atoms with Crippen molar-refractivity contribution in [3.63, 3.8) is 0 Å². The quantitative estimate of drug-likeness (QED) is 0.315. The highest BCUT2D eigenvalue weighted by Crippen LogP contribution is 2.64. The molecular formula is C27H51NO4S. The highest BCUT2D eigenvalue weighted by atomic mass is 32.2. The molecular weight excluding hydrogens is 434 g/mol. The van der Waals surface area contributed by atoms with E-state index in [2.05, 4.69) is 27.8 Å². The molecule has 5 nitrogen and oxygen atoms in total. The average molecular weight is 486 g/mol. The highest BCUT2D eigenvalue weighted by molar-refractivity contribution is 7.85. The van der Waals surface area contributed by atoms with Crippen molar-refractivity contribution >= 4 is 15.9 Å². The fourth-order valence-electron chi connectivity index (χ4n) is 7.24. The normalized spacial score (nSPS) is 29.8. The van der Waals surface area contributed by atoms with Crippen LogP contribution in [0.3, 0.4) is 0 Å². The molecule has 3 aliphatic carbocycles. The van der Waals surface area contributed by atoms with Crippen molar-refractivity contribution in [2.75, 3.05) is 25.9 Å². The molecule has 3 fully saturated rings. The van der Waals surface area contributed by atoms with Gasteiger partial charge in [-0.2, -0.15) is 0 Å². The molecule has 0 aliphatic heterocycles. The smallest absolute Gasteiger partial charge is 0.140 e. The van der Waals surface area contributed by atoms with Crippen LogP contribution in [-0.4, -0.2) is 55.2 Å². The van der Waals surface area contributed by atoms with Gasteiger partial charge in [-0.1, -0.05) is 60.3 Å². The first kappa shape index (κ1) is 28.8. The largest absolute Gasteiger partial charge is 0.748 e. The van der Waals surface area contributed by atoms with Gasteiger partial charge in [-0.25, -0.2) is 8.42 Å². The first-order valence-corrected chi connectivity index (χ1v) is 15.2. The van der Waals surface area contributed by atoms with Crippen molar-refractivity contribution < 1.29 is 22.2 Å². The summed E-state index contributed by atoms with van der Waals surface area (Å²) in [6.45, 7) is 13.7. The third kappa shape index (κ3) is 7.04. The molecule has 6 heteroatoms. The summed E-state index contributed by atoms with van der Waals surface area (Å²) in [5.74, 6) is 0.551. The summed E-state index contributed by atoms with van der Waals surface area (Å²) in [5, 5.41) is 0. The Labute approximate surface area is 204 Å². The second kappa shape index (κ2) is 11.5. The Hall–Kier alpha value is -0.460. The monoisotopic (exact) mass is 485 g/mol. The van der Waals surface area contributed by atoms with Gasteiger partial charge in [-0.05, 0) is 56.3 Å².